The lowest BCUT2D eigenvalue weighted by atomic mass is 10.1. The van der Waals surface area contributed by atoms with Gasteiger partial charge in [-0.15, -0.1) is 0 Å². The van der Waals surface area contributed by atoms with E-state index in [4.69, 9.17) is 0 Å². The van der Waals surface area contributed by atoms with E-state index < -0.39 is 6.17 Å². The van der Waals surface area contributed by atoms with Crippen molar-refractivity contribution in [1.82, 2.24) is 5.32 Å². The van der Waals surface area contributed by atoms with Crippen molar-refractivity contribution in [3.63, 3.8) is 0 Å². The lowest BCUT2D eigenvalue weighted by Gasteiger charge is -2.17. The number of rotatable bonds is 3. The molecule has 2 heteroatoms. The van der Waals surface area contributed by atoms with E-state index in [1.807, 2.05) is 0 Å². The zero-order valence-corrected chi connectivity index (χ0v) is 8.27. The Kier molecular flexibility index (Phi) is 3.20. The van der Waals surface area contributed by atoms with Crippen LogP contribution >= 0.6 is 0 Å². The molecule has 0 aromatic carbocycles. The lowest BCUT2D eigenvalue weighted by molar-refractivity contribution is 0.271. The molecule has 0 aromatic rings. The second-order valence-corrected chi connectivity index (χ2v) is 4.61. The Morgan fingerprint density at radius 3 is 2.38 bits per heavy atom. The standard InChI is InChI=1S/C11H20FN/c12-10-6-3-7-11(10)13-8-9-4-1-2-5-9/h9-11,13H,1-8H2/t10-,11+/m1/s1. The number of nitrogens with one attached hydrogen (secondary N) is 1. The molecular formula is C11H20FN. The summed E-state index contributed by atoms with van der Waals surface area (Å²) in [5.41, 5.74) is 0. The van der Waals surface area contributed by atoms with Crippen LogP contribution < -0.4 is 5.32 Å². The molecule has 2 atom stereocenters. The maximum Gasteiger partial charge on any atom is 0.115 e. The molecule has 13 heavy (non-hydrogen) atoms. The second kappa shape index (κ2) is 4.41. The minimum atomic E-state index is -0.568. The average molecular weight is 185 g/mol. The molecule has 1 N–H and O–H groups in total. The van der Waals surface area contributed by atoms with Gasteiger partial charge in [-0.25, -0.2) is 4.39 Å². The Morgan fingerprint density at radius 1 is 1.00 bits per heavy atom. The summed E-state index contributed by atoms with van der Waals surface area (Å²) in [5, 5.41) is 3.40. The first kappa shape index (κ1) is 9.45. The quantitative estimate of drug-likeness (QED) is 0.712. The minimum Gasteiger partial charge on any atom is -0.311 e. The predicted molar refractivity (Wildman–Crippen MR) is 52.5 cm³/mol. The van der Waals surface area contributed by atoms with Gasteiger partial charge in [0.05, 0.1) is 0 Å². The van der Waals surface area contributed by atoms with E-state index in [0.717, 1.165) is 31.7 Å². The molecule has 2 saturated carbocycles. The largest absolute Gasteiger partial charge is 0.311 e. The van der Waals surface area contributed by atoms with Crippen LogP contribution in [0.3, 0.4) is 0 Å². The van der Waals surface area contributed by atoms with Gasteiger partial charge in [-0.2, -0.15) is 0 Å². The molecule has 76 valence electrons. The van der Waals surface area contributed by atoms with Gasteiger partial charge in [-0.1, -0.05) is 12.8 Å². The van der Waals surface area contributed by atoms with Crippen LogP contribution in [0.4, 0.5) is 4.39 Å². The van der Waals surface area contributed by atoms with E-state index in [1.54, 1.807) is 0 Å². The van der Waals surface area contributed by atoms with Crippen LogP contribution in [0.2, 0.25) is 0 Å². The van der Waals surface area contributed by atoms with Crippen LogP contribution in [0.1, 0.15) is 44.9 Å². The van der Waals surface area contributed by atoms with Crippen LogP contribution in [0.25, 0.3) is 0 Å². The van der Waals surface area contributed by atoms with Crippen LogP contribution in [-0.4, -0.2) is 18.8 Å². The van der Waals surface area contributed by atoms with Gasteiger partial charge in [-0.05, 0) is 44.6 Å². The fraction of sp³-hybridized carbons (Fsp3) is 1.00. The zero-order valence-electron chi connectivity index (χ0n) is 8.27. The first-order valence-electron chi connectivity index (χ1n) is 5.74. The van der Waals surface area contributed by atoms with Crippen molar-refractivity contribution in [2.24, 2.45) is 5.92 Å². The fourth-order valence-electron chi connectivity index (χ4n) is 2.68. The minimum absolute atomic E-state index is 0.181. The van der Waals surface area contributed by atoms with Crippen molar-refractivity contribution < 1.29 is 4.39 Å². The summed E-state index contributed by atoms with van der Waals surface area (Å²) >= 11 is 0. The summed E-state index contributed by atoms with van der Waals surface area (Å²) in [5.74, 6) is 0.841. The third-order valence-corrected chi connectivity index (χ3v) is 3.58. The first-order chi connectivity index (χ1) is 6.36. The molecule has 0 saturated heterocycles. The molecule has 0 spiro atoms. The number of alkyl halides is 1. The molecule has 2 aliphatic carbocycles. The SMILES string of the molecule is F[C@@H]1CCC[C@@H]1NCC1CCCC1. The van der Waals surface area contributed by atoms with Crippen molar-refractivity contribution in [3.05, 3.63) is 0 Å². The molecule has 0 radical (unpaired) electrons. The summed E-state index contributed by atoms with van der Waals surface area (Å²) in [7, 11) is 0. The summed E-state index contributed by atoms with van der Waals surface area (Å²) in [6, 6.07) is 0.181. The number of hydrogen-bond donors (Lipinski definition) is 1. The van der Waals surface area contributed by atoms with Crippen molar-refractivity contribution in [3.8, 4) is 0 Å². The molecule has 2 rings (SSSR count). The van der Waals surface area contributed by atoms with Gasteiger partial charge in [0.25, 0.3) is 0 Å². The Hall–Kier alpha value is -0.110. The highest BCUT2D eigenvalue weighted by molar-refractivity contribution is 4.84. The van der Waals surface area contributed by atoms with Gasteiger partial charge in [0.15, 0.2) is 0 Å². The maximum absolute atomic E-state index is 13.2. The molecule has 0 aliphatic heterocycles. The maximum atomic E-state index is 13.2. The van der Waals surface area contributed by atoms with Gasteiger partial charge in [-0.3, -0.25) is 0 Å². The lowest BCUT2D eigenvalue weighted by Crippen LogP contribution is -2.36. The highest BCUT2D eigenvalue weighted by atomic mass is 19.1. The fourth-order valence-corrected chi connectivity index (χ4v) is 2.68. The first-order valence-corrected chi connectivity index (χ1v) is 5.74. The summed E-state index contributed by atoms with van der Waals surface area (Å²) in [6.07, 6.45) is 7.82. The Morgan fingerprint density at radius 2 is 1.77 bits per heavy atom. The van der Waals surface area contributed by atoms with Gasteiger partial charge in [0.1, 0.15) is 6.17 Å². The Labute approximate surface area is 80.1 Å². The topological polar surface area (TPSA) is 12.0 Å². The van der Waals surface area contributed by atoms with E-state index in [9.17, 15) is 4.39 Å². The molecule has 0 aromatic heterocycles. The van der Waals surface area contributed by atoms with Crippen molar-refractivity contribution >= 4 is 0 Å². The average Bonchev–Trinajstić information content (AvgIpc) is 2.72. The molecule has 2 fully saturated rings. The van der Waals surface area contributed by atoms with E-state index in [0.29, 0.717) is 0 Å². The monoisotopic (exact) mass is 185 g/mol. The molecule has 0 amide bonds. The van der Waals surface area contributed by atoms with Gasteiger partial charge < -0.3 is 5.32 Å². The zero-order chi connectivity index (χ0) is 9.10. The highest BCUT2D eigenvalue weighted by Gasteiger charge is 2.27. The molecule has 0 unspecified atom stereocenters. The third kappa shape index (κ3) is 2.43. The van der Waals surface area contributed by atoms with E-state index >= 15 is 0 Å². The van der Waals surface area contributed by atoms with Crippen LogP contribution in [0.15, 0.2) is 0 Å². The predicted octanol–water partition coefficient (Wildman–Crippen LogP) is 2.66. The van der Waals surface area contributed by atoms with Crippen molar-refractivity contribution in [2.75, 3.05) is 6.54 Å². The molecule has 1 nitrogen and oxygen atoms in total. The number of halogens is 1. The smallest absolute Gasteiger partial charge is 0.115 e. The highest BCUT2D eigenvalue weighted by Crippen LogP contribution is 2.26. The molecular weight excluding hydrogens is 165 g/mol. The van der Waals surface area contributed by atoms with Gasteiger partial charge in [0, 0.05) is 6.04 Å². The normalized spacial score (nSPS) is 35.8. The molecule has 0 bridgehead atoms. The Balaban J connectivity index is 1.66. The van der Waals surface area contributed by atoms with Gasteiger partial charge in [0.2, 0.25) is 0 Å². The third-order valence-electron chi connectivity index (χ3n) is 3.58. The van der Waals surface area contributed by atoms with Crippen LogP contribution in [0, 0.1) is 5.92 Å². The number of hydrogen-bond acceptors (Lipinski definition) is 1. The van der Waals surface area contributed by atoms with Crippen LogP contribution in [-0.2, 0) is 0 Å². The van der Waals surface area contributed by atoms with E-state index in [1.165, 1.54) is 25.7 Å². The van der Waals surface area contributed by atoms with Crippen LogP contribution in [0.5, 0.6) is 0 Å². The van der Waals surface area contributed by atoms with E-state index in [2.05, 4.69) is 5.32 Å². The second-order valence-electron chi connectivity index (χ2n) is 4.61. The summed E-state index contributed by atoms with van der Waals surface area (Å²) in [6.45, 7) is 1.06. The molecule has 2 aliphatic rings. The Bertz CT molecular complexity index is 154. The summed E-state index contributed by atoms with van der Waals surface area (Å²) < 4.78 is 13.2. The molecule has 0 heterocycles. The van der Waals surface area contributed by atoms with Crippen molar-refractivity contribution in [2.45, 2.75) is 57.2 Å². The van der Waals surface area contributed by atoms with E-state index in [-0.39, 0.29) is 6.04 Å². The van der Waals surface area contributed by atoms with Crippen molar-refractivity contribution in [1.29, 1.82) is 0 Å². The summed E-state index contributed by atoms with van der Waals surface area (Å²) in [4.78, 5) is 0. The van der Waals surface area contributed by atoms with Gasteiger partial charge >= 0.3 is 0 Å².